The van der Waals surface area contributed by atoms with Crippen molar-refractivity contribution in [3.63, 3.8) is 0 Å². The Balaban J connectivity index is 1.89. The average molecular weight is 359 g/mol. The molecule has 2 heterocycles. The maximum atomic E-state index is 12.8. The van der Waals surface area contributed by atoms with Gasteiger partial charge in [0, 0.05) is 11.6 Å². The van der Waals surface area contributed by atoms with Crippen LogP contribution in [0.3, 0.4) is 0 Å². The van der Waals surface area contributed by atoms with E-state index >= 15 is 0 Å². The Kier molecular flexibility index (Phi) is 4.72. The number of benzene rings is 1. The van der Waals surface area contributed by atoms with Crippen LogP contribution in [-0.2, 0) is 9.59 Å². The number of carbonyl (C=O) groups excluding carboxylic acids is 3. The van der Waals surface area contributed by atoms with Crippen LogP contribution < -0.4 is 4.90 Å². The first-order chi connectivity index (χ1) is 12.0. The van der Waals surface area contributed by atoms with Crippen molar-refractivity contribution in [1.29, 1.82) is 0 Å². The third kappa shape index (κ3) is 3.21. The summed E-state index contributed by atoms with van der Waals surface area (Å²) in [6, 6.07) is 8.57. The minimum absolute atomic E-state index is 0.0955. The summed E-state index contributed by atoms with van der Waals surface area (Å²) in [4.78, 5) is 40.2. The molecule has 1 fully saturated rings. The zero-order valence-corrected chi connectivity index (χ0v) is 14.0. The molecular weight excluding hydrogens is 344 g/mol. The van der Waals surface area contributed by atoms with Crippen LogP contribution in [0.15, 0.2) is 59.7 Å². The van der Waals surface area contributed by atoms with Crippen molar-refractivity contribution in [3.8, 4) is 0 Å². The van der Waals surface area contributed by atoms with E-state index in [2.05, 4.69) is 6.58 Å². The summed E-state index contributed by atoms with van der Waals surface area (Å²) in [7, 11) is 0. The van der Waals surface area contributed by atoms with Gasteiger partial charge in [0.05, 0.1) is 18.4 Å². The van der Waals surface area contributed by atoms with Crippen LogP contribution in [0.5, 0.6) is 0 Å². The molecule has 0 bridgehead atoms. The number of hydrogen-bond donors (Lipinski definition) is 0. The fourth-order valence-corrected chi connectivity index (χ4v) is 2.88. The van der Waals surface area contributed by atoms with Crippen molar-refractivity contribution >= 4 is 35.0 Å². The van der Waals surface area contributed by atoms with Crippen molar-refractivity contribution in [2.45, 2.75) is 12.5 Å². The van der Waals surface area contributed by atoms with E-state index in [1.807, 2.05) is 0 Å². The van der Waals surface area contributed by atoms with Crippen LogP contribution in [0.4, 0.5) is 5.69 Å². The first kappa shape index (κ1) is 17.0. The molecule has 128 valence electrons. The number of anilines is 1. The highest BCUT2D eigenvalue weighted by atomic mass is 35.5. The number of furan rings is 1. The first-order valence-corrected chi connectivity index (χ1v) is 7.98. The molecule has 0 saturated carbocycles. The lowest BCUT2D eigenvalue weighted by atomic mass is 10.2. The lowest BCUT2D eigenvalue weighted by Crippen LogP contribution is -2.45. The first-order valence-electron chi connectivity index (χ1n) is 7.60. The summed E-state index contributed by atoms with van der Waals surface area (Å²) < 4.78 is 5.12. The van der Waals surface area contributed by atoms with E-state index in [0.29, 0.717) is 10.7 Å². The van der Waals surface area contributed by atoms with Gasteiger partial charge in [0.25, 0.3) is 11.8 Å². The second kappa shape index (κ2) is 6.94. The van der Waals surface area contributed by atoms with Gasteiger partial charge in [0.1, 0.15) is 6.04 Å². The zero-order chi connectivity index (χ0) is 18.0. The molecule has 1 aliphatic heterocycles. The van der Waals surface area contributed by atoms with Crippen LogP contribution in [-0.4, -0.2) is 35.2 Å². The van der Waals surface area contributed by atoms with Gasteiger partial charge in [-0.3, -0.25) is 14.4 Å². The minimum Gasteiger partial charge on any atom is -0.459 e. The second-order valence-electron chi connectivity index (χ2n) is 5.49. The fourth-order valence-electron chi connectivity index (χ4n) is 2.75. The van der Waals surface area contributed by atoms with Gasteiger partial charge in [-0.2, -0.15) is 0 Å². The number of nitrogens with zero attached hydrogens (tertiary/aromatic N) is 2. The van der Waals surface area contributed by atoms with Gasteiger partial charge in [-0.15, -0.1) is 6.58 Å². The quantitative estimate of drug-likeness (QED) is 0.608. The number of rotatable bonds is 5. The lowest BCUT2D eigenvalue weighted by molar-refractivity contribution is -0.122. The Bertz CT molecular complexity index is 814. The molecule has 0 N–H and O–H groups in total. The summed E-state index contributed by atoms with van der Waals surface area (Å²) in [5.74, 6) is -1.20. The number of hydrogen-bond acceptors (Lipinski definition) is 4. The van der Waals surface area contributed by atoms with E-state index in [-0.39, 0.29) is 24.6 Å². The van der Waals surface area contributed by atoms with Crippen LogP contribution in [0, 0.1) is 0 Å². The molecule has 25 heavy (non-hydrogen) atoms. The monoisotopic (exact) mass is 358 g/mol. The van der Waals surface area contributed by atoms with Gasteiger partial charge in [-0.1, -0.05) is 17.7 Å². The maximum absolute atomic E-state index is 12.8. The lowest BCUT2D eigenvalue weighted by Gasteiger charge is -2.25. The number of amides is 3. The Morgan fingerprint density at radius 2 is 2.04 bits per heavy atom. The van der Waals surface area contributed by atoms with Crippen molar-refractivity contribution in [2.75, 3.05) is 11.4 Å². The second-order valence-corrected chi connectivity index (χ2v) is 5.92. The average Bonchev–Trinajstić information content (AvgIpc) is 3.22. The molecule has 0 radical (unpaired) electrons. The standard InChI is InChI=1S/C18H15ClN2O4/c1-2-9-20(18(24)15-4-3-10-25-15)14-11-16(22)21(17(14)23)13-7-5-12(19)6-8-13/h2-8,10,14H,1,9,11H2. The van der Waals surface area contributed by atoms with Gasteiger partial charge in [-0.05, 0) is 36.4 Å². The third-order valence-corrected chi connectivity index (χ3v) is 4.15. The van der Waals surface area contributed by atoms with Crippen LogP contribution in [0.1, 0.15) is 17.0 Å². The van der Waals surface area contributed by atoms with Crippen molar-refractivity contribution in [3.05, 3.63) is 66.1 Å². The molecule has 3 rings (SSSR count). The van der Waals surface area contributed by atoms with Crippen LogP contribution in [0.2, 0.25) is 5.02 Å². The number of halogens is 1. The summed E-state index contributed by atoms with van der Waals surface area (Å²) in [5.41, 5.74) is 0.422. The minimum atomic E-state index is -0.904. The Morgan fingerprint density at radius 1 is 1.32 bits per heavy atom. The van der Waals surface area contributed by atoms with Gasteiger partial charge in [-0.25, -0.2) is 4.90 Å². The van der Waals surface area contributed by atoms with Gasteiger partial charge in [0.2, 0.25) is 5.91 Å². The van der Waals surface area contributed by atoms with E-state index in [1.54, 1.807) is 30.3 Å². The van der Waals surface area contributed by atoms with E-state index in [0.717, 1.165) is 4.90 Å². The van der Waals surface area contributed by atoms with Crippen LogP contribution in [0.25, 0.3) is 0 Å². The molecule has 1 aromatic carbocycles. The van der Waals surface area contributed by atoms with Crippen molar-refractivity contribution < 1.29 is 18.8 Å². The van der Waals surface area contributed by atoms with E-state index in [9.17, 15) is 14.4 Å². The van der Waals surface area contributed by atoms with Gasteiger partial charge in [0.15, 0.2) is 5.76 Å². The predicted molar refractivity (Wildman–Crippen MR) is 92.3 cm³/mol. The van der Waals surface area contributed by atoms with E-state index < -0.39 is 17.9 Å². The Hall–Kier alpha value is -2.86. The molecule has 6 nitrogen and oxygen atoms in total. The van der Waals surface area contributed by atoms with E-state index in [4.69, 9.17) is 16.0 Å². The smallest absolute Gasteiger partial charge is 0.290 e. The van der Waals surface area contributed by atoms with Crippen molar-refractivity contribution in [2.24, 2.45) is 0 Å². The molecule has 3 amide bonds. The summed E-state index contributed by atoms with van der Waals surface area (Å²) >= 11 is 5.85. The predicted octanol–water partition coefficient (Wildman–Crippen LogP) is 2.89. The Labute approximate surface area is 149 Å². The number of imide groups is 1. The van der Waals surface area contributed by atoms with E-state index in [1.165, 1.54) is 23.3 Å². The SMILES string of the molecule is C=CCN(C(=O)c1ccco1)C1CC(=O)N(c2ccc(Cl)cc2)C1=O. The van der Waals surface area contributed by atoms with Crippen LogP contribution >= 0.6 is 11.6 Å². The molecule has 1 aliphatic rings. The largest absolute Gasteiger partial charge is 0.459 e. The normalized spacial score (nSPS) is 17.0. The van der Waals surface area contributed by atoms with Crippen molar-refractivity contribution in [1.82, 2.24) is 4.90 Å². The summed E-state index contributed by atoms with van der Waals surface area (Å²) in [6.07, 6.45) is 2.78. The highest BCUT2D eigenvalue weighted by Crippen LogP contribution is 2.27. The highest BCUT2D eigenvalue weighted by Gasteiger charge is 2.44. The zero-order valence-electron chi connectivity index (χ0n) is 13.2. The number of carbonyl (C=O) groups is 3. The molecular formula is C18H15ClN2O4. The highest BCUT2D eigenvalue weighted by molar-refractivity contribution is 6.31. The molecule has 1 aromatic heterocycles. The summed E-state index contributed by atoms with van der Waals surface area (Å²) in [6.45, 7) is 3.74. The Morgan fingerprint density at radius 3 is 2.64 bits per heavy atom. The topological polar surface area (TPSA) is 70.8 Å². The van der Waals surface area contributed by atoms with Gasteiger partial charge < -0.3 is 9.32 Å². The summed E-state index contributed by atoms with van der Waals surface area (Å²) in [5, 5.41) is 0.501. The molecule has 0 spiro atoms. The molecule has 7 heteroatoms. The molecule has 1 atom stereocenters. The van der Waals surface area contributed by atoms with Gasteiger partial charge >= 0.3 is 0 Å². The molecule has 2 aromatic rings. The molecule has 0 aliphatic carbocycles. The third-order valence-electron chi connectivity index (χ3n) is 3.90. The fraction of sp³-hybridized carbons (Fsp3) is 0.167. The maximum Gasteiger partial charge on any atom is 0.290 e. The molecule has 1 unspecified atom stereocenters. The molecule has 1 saturated heterocycles.